The lowest BCUT2D eigenvalue weighted by Gasteiger charge is -2.71. The maximum Gasteiger partial charge on any atom is 0.138 e. The van der Waals surface area contributed by atoms with Crippen molar-refractivity contribution in [3.63, 3.8) is 0 Å². The number of aliphatic hydroxyl groups is 1. The smallest absolute Gasteiger partial charge is 0.138 e. The highest BCUT2D eigenvalue weighted by Gasteiger charge is 2.69. The van der Waals surface area contributed by atoms with Crippen LogP contribution in [-0.2, 0) is 4.79 Å². The fourth-order valence-corrected chi connectivity index (χ4v) is 10.8. The predicted octanol–water partition coefficient (Wildman–Crippen LogP) is 7.20. The number of aliphatic hydroxyl groups excluding tert-OH is 1. The van der Waals surface area contributed by atoms with Crippen LogP contribution in [0.3, 0.4) is 0 Å². The Bertz CT molecular complexity index is 855. The zero-order valence-electron chi connectivity index (χ0n) is 22.1. The molecule has 4 fully saturated rings. The molecule has 180 valence electrons. The first kappa shape index (κ1) is 23.1. The minimum Gasteiger partial charge on any atom is -0.389 e. The molecule has 4 saturated carbocycles. The van der Waals surface area contributed by atoms with Gasteiger partial charge in [-0.3, -0.25) is 4.79 Å². The number of hydrogen-bond acceptors (Lipinski definition) is 2. The van der Waals surface area contributed by atoms with Crippen molar-refractivity contribution in [3.8, 4) is 0 Å². The van der Waals surface area contributed by atoms with Crippen LogP contribution in [0.15, 0.2) is 11.6 Å². The highest BCUT2D eigenvalue weighted by Crippen LogP contribution is 2.75. The average Bonchev–Trinajstić information content (AvgIpc) is 2.70. The molecular formula is C30H48O2. The van der Waals surface area contributed by atoms with E-state index < -0.39 is 0 Å². The maximum absolute atomic E-state index is 12.9. The monoisotopic (exact) mass is 440 g/mol. The van der Waals surface area contributed by atoms with E-state index in [0.29, 0.717) is 35.4 Å². The van der Waals surface area contributed by atoms with Crippen LogP contribution in [0.2, 0.25) is 0 Å². The van der Waals surface area contributed by atoms with E-state index >= 15 is 0 Å². The van der Waals surface area contributed by atoms with Gasteiger partial charge in [0.05, 0.1) is 6.10 Å². The summed E-state index contributed by atoms with van der Waals surface area (Å²) in [5.74, 6) is 3.12. The fraction of sp³-hybridized carbons (Fsp3) is 0.900. The lowest BCUT2D eigenvalue weighted by Crippen LogP contribution is -2.67. The van der Waals surface area contributed by atoms with E-state index in [1.165, 1.54) is 25.7 Å². The minimum atomic E-state index is -0.383. The summed E-state index contributed by atoms with van der Waals surface area (Å²) in [7, 11) is 0. The van der Waals surface area contributed by atoms with Crippen molar-refractivity contribution in [2.24, 2.45) is 56.7 Å². The lowest BCUT2D eigenvalue weighted by atomic mass is 9.33. The molecule has 0 aromatic heterocycles. The second kappa shape index (κ2) is 6.73. The SMILES string of the molecule is C[C@H]1[C@H](C)CC[C@]2(C)CC[C@]3(C)C(=C[C@@H](O)[C@@H]4[C@@]5(C)CCC(=O)C(C)(C)[C@@H]5CC[C@]43C)[C@H]12. The van der Waals surface area contributed by atoms with Crippen molar-refractivity contribution in [1.29, 1.82) is 0 Å². The zero-order valence-corrected chi connectivity index (χ0v) is 22.1. The van der Waals surface area contributed by atoms with Gasteiger partial charge in [0.25, 0.3) is 0 Å². The molecule has 0 unspecified atom stereocenters. The third-order valence-electron chi connectivity index (χ3n) is 13.1. The molecule has 5 aliphatic carbocycles. The number of allylic oxidation sites excluding steroid dienone is 1. The van der Waals surface area contributed by atoms with Gasteiger partial charge in [0.15, 0.2) is 0 Å². The van der Waals surface area contributed by atoms with Crippen LogP contribution >= 0.6 is 0 Å². The van der Waals surface area contributed by atoms with Gasteiger partial charge in [-0.25, -0.2) is 0 Å². The molecule has 0 heterocycles. The Labute approximate surface area is 197 Å². The van der Waals surface area contributed by atoms with E-state index in [9.17, 15) is 9.90 Å². The van der Waals surface area contributed by atoms with Crippen LogP contribution in [0.1, 0.15) is 107 Å². The van der Waals surface area contributed by atoms with Gasteiger partial charge < -0.3 is 5.11 Å². The van der Waals surface area contributed by atoms with Gasteiger partial charge in [0.2, 0.25) is 0 Å². The number of hydrogen-bond donors (Lipinski definition) is 1. The molecule has 5 rings (SSSR count). The Morgan fingerprint density at radius 1 is 0.906 bits per heavy atom. The van der Waals surface area contributed by atoms with Crippen molar-refractivity contribution in [1.82, 2.24) is 0 Å². The second-order valence-electron chi connectivity index (χ2n) is 14.6. The summed E-state index contributed by atoms with van der Waals surface area (Å²) in [6.45, 7) is 19.4. The normalized spacial score (nSPS) is 56.9. The highest BCUT2D eigenvalue weighted by atomic mass is 16.3. The molecule has 0 amide bonds. The largest absolute Gasteiger partial charge is 0.389 e. The van der Waals surface area contributed by atoms with Crippen LogP contribution in [0, 0.1) is 56.7 Å². The number of fused-ring (bicyclic) bond motifs is 7. The third-order valence-corrected chi connectivity index (χ3v) is 13.1. The number of rotatable bonds is 0. The maximum atomic E-state index is 12.9. The van der Waals surface area contributed by atoms with Gasteiger partial charge in [-0.15, -0.1) is 0 Å². The number of ketones is 1. The van der Waals surface area contributed by atoms with Crippen molar-refractivity contribution in [3.05, 3.63) is 11.6 Å². The molecule has 0 aromatic rings. The summed E-state index contributed by atoms with van der Waals surface area (Å²) in [6.07, 6.45) is 11.2. The Balaban J connectivity index is 1.64. The Hall–Kier alpha value is -0.630. The molecule has 32 heavy (non-hydrogen) atoms. The molecule has 0 radical (unpaired) electrons. The highest BCUT2D eigenvalue weighted by molar-refractivity contribution is 5.85. The predicted molar refractivity (Wildman–Crippen MR) is 131 cm³/mol. The Morgan fingerprint density at radius 2 is 1.59 bits per heavy atom. The molecule has 2 nitrogen and oxygen atoms in total. The molecule has 0 bridgehead atoms. The number of carbonyl (C=O) groups is 1. The number of Topliss-reactive ketones (excluding diaryl/α,β-unsaturated/α-hetero) is 1. The van der Waals surface area contributed by atoms with Crippen LogP contribution in [0.25, 0.3) is 0 Å². The minimum absolute atomic E-state index is 0.0289. The summed E-state index contributed by atoms with van der Waals surface area (Å²) < 4.78 is 0. The van der Waals surface area contributed by atoms with Crippen LogP contribution in [0.5, 0.6) is 0 Å². The van der Waals surface area contributed by atoms with Crippen molar-refractivity contribution in [2.75, 3.05) is 0 Å². The van der Waals surface area contributed by atoms with Gasteiger partial charge in [-0.1, -0.05) is 67.0 Å². The van der Waals surface area contributed by atoms with Gasteiger partial charge in [0, 0.05) is 17.8 Å². The summed E-state index contributed by atoms with van der Waals surface area (Å²) in [5, 5.41) is 11.9. The van der Waals surface area contributed by atoms with Gasteiger partial charge >= 0.3 is 0 Å². The number of carbonyl (C=O) groups excluding carboxylic acids is 1. The fourth-order valence-electron chi connectivity index (χ4n) is 10.8. The van der Waals surface area contributed by atoms with Crippen molar-refractivity contribution < 1.29 is 9.90 Å². The van der Waals surface area contributed by atoms with E-state index in [1.54, 1.807) is 5.57 Å². The molecule has 1 N–H and O–H groups in total. The van der Waals surface area contributed by atoms with Crippen LogP contribution in [-0.4, -0.2) is 17.0 Å². The zero-order chi connectivity index (χ0) is 23.5. The topological polar surface area (TPSA) is 37.3 Å². The van der Waals surface area contributed by atoms with Gasteiger partial charge in [-0.2, -0.15) is 0 Å². The Kier molecular flexibility index (Phi) is 4.87. The van der Waals surface area contributed by atoms with E-state index in [-0.39, 0.29) is 33.7 Å². The summed E-state index contributed by atoms with van der Waals surface area (Å²) in [4.78, 5) is 12.9. The molecule has 0 spiro atoms. The molecule has 2 heteroatoms. The quantitative estimate of drug-likeness (QED) is 0.404. The van der Waals surface area contributed by atoms with Gasteiger partial charge in [-0.05, 0) is 90.3 Å². The summed E-state index contributed by atoms with van der Waals surface area (Å²) in [6, 6.07) is 0. The Morgan fingerprint density at radius 3 is 2.28 bits per heavy atom. The van der Waals surface area contributed by atoms with Crippen LogP contribution in [0.4, 0.5) is 0 Å². The van der Waals surface area contributed by atoms with Crippen molar-refractivity contribution in [2.45, 2.75) is 113 Å². The third kappa shape index (κ3) is 2.60. The summed E-state index contributed by atoms with van der Waals surface area (Å²) >= 11 is 0. The van der Waals surface area contributed by atoms with E-state index in [1.807, 2.05) is 0 Å². The standard InChI is InChI=1S/C30H48O2/c1-18-9-12-27(5)15-16-29(7)20(24(27)19(18)2)17-21(31)25-28(6)13-11-23(32)26(3,4)22(28)10-14-30(25,29)8/h17-19,21-22,24-25,31H,9-16H2,1-8H3/t18-,19+,21-,22+,24+,25-,27-,28+,29-,30-/m1/s1. The summed E-state index contributed by atoms with van der Waals surface area (Å²) in [5.41, 5.74) is 2.02. The molecule has 0 saturated heterocycles. The van der Waals surface area contributed by atoms with Crippen molar-refractivity contribution >= 4 is 5.78 Å². The lowest BCUT2D eigenvalue weighted by molar-refractivity contribution is -0.206. The molecule has 10 atom stereocenters. The first-order valence-electron chi connectivity index (χ1n) is 13.7. The van der Waals surface area contributed by atoms with Crippen LogP contribution < -0.4 is 0 Å². The molecule has 0 aromatic carbocycles. The molecular weight excluding hydrogens is 392 g/mol. The van der Waals surface area contributed by atoms with E-state index in [4.69, 9.17) is 0 Å². The first-order valence-corrected chi connectivity index (χ1v) is 13.7. The molecule has 0 aliphatic heterocycles. The van der Waals surface area contributed by atoms with E-state index in [2.05, 4.69) is 61.5 Å². The average molecular weight is 441 g/mol. The second-order valence-corrected chi connectivity index (χ2v) is 14.6. The van der Waals surface area contributed by atoms with Gasteiger partial charge in [0.1, 0.15) is 5.78 Å². The van der Waals surface area contributed by atoms with E-state index in [0.717, 1.165) is 25.2 Å². The molecule has 5 aliphatic rings. The first-order chi connectivity index (χ1) is 14.7.